The van der Waals surface area contributed by atoms with Crippen LogP contribution in [0, 0.1) is 11.3 Å². The molecule has 0 atom stereocenters. The summed E-state index contributed by atoms with van der Waals surface area (Å²) in [6, 6.07) is 4.46. The molecule has 0 saturated carbocycles. The second-order valence-corrected chi connectivity index (χ2v) is 6.63. The van der Waals surface area contributed by atoms with Crippen molar-refractivity contribution in [2.24, 2.45) is 7.05 Å². The number of alkyl halides is 3. The second kappa shape index (κ2) is 7.40. The summed E-state index contributed by atoms with van der Waals surface area (Å²) >= 11 is 1.48. The molecule has 0 bridgehead atoms. The lowest BCUT2D eigenvalue weighted by molar-refractivity contribution is -0.141. The number of imidazole rings is 1. The van der Waals surface area contributed by atoms with Crippen molar-refractivity contribution in [3.05, 3.63) is 24.0 Å². The van der Waals surface area contributed by atoms with Crippen molar-refractivity contribution < 1.29 is 17.9 Å². The third kappa shape index (κ3) is 3.80. The van der Waals surface area contributed by atoms with E-state index in [2.05, 4.69) is 20.2 Å². The van der Waals surface area contributed by atoms with Crippen molar-refractivity contribution in [2.75, 3.05) is 12.4 Å². The van der Waals surface area contributed by atoms with Gasteiger partial charge in [-0.3, -0.25) is 0 Å². The highest BCUT2D eigenvalue weighted by Gasteiger charge is 2.34. The SMILES string of the molecule is CCSc1cc(OCC#N)cnc1-c1nc2cc(C(F)(F)F)nnc2n1C. The van der Waals surface area contributed by atoms with E-state index in [1.807, 2.05) is 13.0 Å². The Kier molecular flexibility index (Phi) is 5.18. The minimum absolute atomic E-state index is 0.0777. The van der Waals surface area contributed by atoms with Crippen LogP contribution in [0.25, 0.3) is 22.7 Å². The molecular weight excluding hydrogens is 381 g/mol. The highest BCUT2D eigenvalue weighted by Crippen LogP contribution is 2.34. The van der Waals surface area contributed by atoms with Crippen molar-refractivity contribution in [3.63, 3.8) is 0 Å². The third-order valence-electron chi connectivity index (χ3n) is 3.55. The van der Waals surface area contributed by atoms with Gasteiger partial charge in [-0.1, -0.05) is 6.92 Å². The average Bonchev–Trinajstić information content (AvgIpc) is 2.96. The Hall–Kier alpha value is -2.87. The normalized spacial score (nSPS) is 11.6. The van der Waals surface area contributed by atoms with Crippen LogP contribution in [0.15, 0.2) is 23.2 Å². The summed E-state index contributed by atoms with van der Waals surface area (Å²) in [4.78, 5) is 9.35. The standard InChI is InChI=1S/C16H13F3N6OS/c1-3-27-11-6-9(26-5-4-20)8-21-13(11)15-22-10-7-12(16(17,18)19)23-24-14(10)25(15)2/h6-8H,3,5H2,1-2H3. The van der Waals surface area contributed by atoms with E-state index in [4.69, 9.17) is 10.00 Å². The molecular formula is C16H13F3N6OS. The molecule has 3 aromatic heterocycles. The Labute approximate surface area is 156 Å². The Morgan fingerprint density at radius 2 is 2.07 bits per heavy atom. The van der Waals surface area contributed by atoms with Crippen LogP contribution in [0.4, 0.5) is 13.2 Å². The van der Waals surface area contributed by atoms with Crippen LogP contribution in [0.1, 0.15) is 12.6 Å². The van der Waals surface area contributed by atoms with Gasteiger partial charge in [-0.25, -0.2) is 9.97 Å². The maximum atomic E-state index is 12.9. The fraction of sp³-hybridized carbons (Fsp3) is 0.312. The summed E-state index contributed by atoms with van der Waals surface area (Å²) in [6.07, 6.45) is -3.15. The first kappa shape index (κ1) is 18.9. The molecule has 3 heterocycles. The van der Waals surface area contributed by atoms with Crippen LogP contribution in [-0.4, -0.2) is 37.1 Å². The van der Waals surface area contributed by atoms with E-state index < -0.39 is 11.9 Å². The maximum absolute atomic E-state index is 12.9. The monoisotopic (exact) mass is 394 g/mol. The van der Waals surface area contributed by atoms with E-state index in [-0.39, 0.29) is 17.8 Å². The second-order valence-electron chi connectivity index (χ2n) is 5.33. The molecule has 11 heteroatoms. The van der Waals surface area contributed by atoms with Gasteiger partial charge in [-0.05, 0) is 11.8 Å². The number of rotatable bonds is 5. The number of pyridine rings is 1. The predicted octanol–water partition coefficient (Wildman–Crippen LogP) is 3.46. The zero-order valence-electron chi connectivity index (χ0n) is 14.3. The highest BCUT2D eigenvalue weighted by molar-refractivity contribution is 7.99. The molecule has 0 aliphatic heterocycles. The molecule has 0 aliphatic rings. The molecule has 0 aromatic carbocycles. The number of ether oxygens (including phenoxy) is 1. The minimum atomic E-state index is -4.60. The number of aryl methyl sites for hydroxylation is 1. The third-order valence-corrected chi connectivity index (χ3v) is 4.46. The quantitative estimate of drug-likeness (QED) is 0.612. The van der Waals surface area contributed by atoms with E-state index in [0.29, 0.717) is 17.3 Å². The summed E-state index contributed by atoms with van der Waals surface area (Å²) in [6.45, 7) is 1.84. The van der Waals surface area contributed by atoms with Crippen molar-refractivity contribution in [3.8, 4) is 23.3 Å². The fourth-order valence-corrected chi connectivity index (χ4v) is 3.18. The highest BCUT2D eigenvalue weighted by atomic mass is 32.2. The van der Waals surface area contributed by atoms with Crippen LogP contribution in [0.2, 0.25) is 0 Å². The first-order chi connectivity index (χ1) is 12.8. The van der Waals surface area contributed by atoms with Gasteiger partial charge >= 0.3 is 6.18 Å². The zero-order valence-corrected chi connectivity index (χ0v) is 15.1. The molecule has 0 amide bonds. The first-order valence-corrected chi connectivity index (χ1v) is 8.74. The van der Waals surface area contributed by atoms with Gasteiger partial charge in [0.1, 0.15) is 23.0 Å². The maximum Gasteiger partial charge on any atom is 0.435 e. The van der Waals surface area contributed by atoms with Crippen molar-refractivity contribution in [2.45, 2.75) is 18.0 Å². The molecule has 0 unspecified atom stereocenters. The molecule has 140 valence electrons. The number of nitrogens with zero attached hydrogens (tertiary/aromatic N) is 6. The molecule has 0 saturated heterocycles. The molecule has 3 aromatic rings. The summed E-state index contributed by atoms with van der Waals surface area (Å²) in [5.41, 5.74) is -0.317. The molecule has 3 rings (SSSR count). The van der Waals surface area contributed by atoms with Crippen molar-refractivity contribution >= 4 is 22.9 Å². The number of nitriles is 1. The lowest BCUT2D eigenvalue weighted by Gasteiger charge is -2.09. The van der Waals surface area contributed by atoms with Crippen LogP contribution in [0.3, 0.4) is 0 Å². The number of hydrogen-bond donors (Lipinski definition) is 0. The fourth-order valence-electron chi connectivity index (χ4n) is 2.39. The predicted molar refractivity (Wildman–Crippen MR) is 92.0 cm³/mol. The van der Waals surface area contributed by atoms with E-state index in [0.717, 1.165) is 16.7 Å². The van der Waals surface area contributed by atoms with E-state index in [1.54, 1.807) is 17.7 Å². The number of hydrogen-bond acceptors (Lipinski definition) is 7. The Balaban J connectivity index is 2.11. The van der Waals surface area contributed by atoms with Crippen LogP contribution in [0.5, 0.6) is 5.75 Å². The molecule has 0 radical (unpaired) electrons. The average molecular weight is 394 g/mol. The van der Waals surface area contributed by atoms with E-state index in [1.165, 1.54) is 18.0 Å². The summed E-state index contributed by atoms with van der Waals surface area (Å²) in [5.74, 6) is 1.52. The Morgan fingerprint density at radius 1 is 1.30 bits per heavy atom. The summed E-state index contributed by atoms with van der Waals surface area (Å²) in [5, 5.41) is 15.5. The van der Waals surface area contributed by atoms with Crippen molar-refractivity contribution in [1.29, 1.82) is 5.26 Å². The topological polar surface area (TPSA) is 89.5 Å². The molecule has 0 N–H and O–H groups in total. The lowest BCUT2D eigenvalue weighted by atomic mass is 10.3. The summed E-state index contributed by atoms with van der Waals surface area (Å²) in [7, 11) is 1.63. The van der Waals surface area contributed by atoms with Crippen LogP contribution < -0.4 is 4.74 Å². The Morgan fingerprint density at radius 3 is 2.74 bits per heavy atom. The van der Waals surface area contributed by atoms with Crippen LogP contribution >= 0.6 is 11.8 Å². The van der Waals surface area contributed by atoms with Gasteiger partial charge in [0.25, 0.3) is 0 Å². The molecule has 7 nitrogen and oxygen atoms in total. The molecule has 27 heavy (non-hydrogen) atoms. The van der Waals surface area contributed by atoms with Gasteiger partial charge in [0.15, 0.2) is 23.8 Å². The number of fused-ring (bicyclic) bond motifs is 1. The summed E-state index contributed by atoms with van der Waals surface area (Å²) < 4.78 is 45.4. The number of thioether (sulfide) groups is 1. The van der Waals surface area contributed by atoms with Gasteiger partial charge in [-0.2, -0.15) is 18.4 Å². The first-order valence-electron chi connectivity index (χ1n) is 7.75. The van der Waals surface area contributed by atoms with Crippen LogP contribution in [-0.2, 0) is 13.2 Å². The molecule has 0 fully saturated rings. The van der Waals surface area contributed by atoms with Gasteiger partial charge in [0, 0.05) is 18.0 Å². The van der Waals surface area contributed by atoms with Gasteiger partial charge in [0.05, 0.1) is 6.20 Å². The molecule has 0 spiro atoms. The van der Waals surface area contributed by atoms with Gasteiger partial charge in [0.2, 0.25) is 0 Å². The van der Waals surface area contributed by atoms with Crippen molar-refractivity contribution in [1.82, 2.24) is 24.7 Å². The Bertz CT molecular complexity index is 1030. The van der Waals surface area contributed by atoms with E-state index in [9.17, 15) is 13.2 Å². The van der Waals surface area contributed by atoms with Gasteiger partial charge in [-0.15, -0.1) is 22.0 Å². The van der Waals surface area contributed by atoms with E-state index >= 15 is 0 Å². The number of aromatic nitrogens is 5. The van der Waals surface area contributed by atoms with Gasteiger partial charge < -0.3 is 9.30 Å². The minimum Gasteiger partial charge on any atom is -0.477 e. The largest absolute Gasteiger partial charge is 0.477 e. The zero-order chi connectivity index (χ0) is 19.6. The smallest absolute Gasteiger partial charge is 0.435 e. The molecule has 0 aliphatic carbocycles. The lowest BCUT2D eigenvalue weighted by Crippen LogP contribution is -2.09. The number of halogens is 3.